The Hall–Kier alpha value is -3.47. The minimum atomic E-state index is -0.259. The number of fused-ring (bicyclic) bond motifs is 1. The lowest BCUT2D eigenvalue weighted by atomic mass is 10.1. The van der Waals surface area contributed by atoms with E-state index in [0.29, 0.717) is 16.8 Å². The van der Waals surface area contributed by atoms with Gasteiger partial charge < -0.3 is 0 Å². The summed E-state index contributed by atoms with van der Waals surface area (Å²) in [5.41, 5.74) is 2.28. The number of anilines is 1. The topological polar surface area (TPSA) is 107 Å². The number of benzene rings is 1. The molecule has 0 spiro atoms. The van der Waals surface area contributed by atoms with Gasteiger partial charge in [0.05, 0.1) is 18.2 Å². The van der Waals surface area contributed by atoms with Crippen molar-refractivity contribution in [3.8, 4) is 6.07 Å². The van der Waals surface area contributed by atoms with Crippen molar-refractivity contribution in [2.45, 2.75) is 34.2 Å². The zero-order valence-electron chi connectivity index (χ0n) is 15.6. The second kappa shape index (κ2) is 7.03. The van der Waals surface area contributed by atoms with Crippen LogP contribution in [-0.4, -0.2) is 25.5 Å². The lowest BCUT2D eigenvalue weighted by Crippen LogP contribution is -2.34. The standard InChI is InChI=1S/C19H20N6O2/c1-11(2)16(26)24(10-15-7-5-14(9-20)6-8-15)19-22-18-21-13(4)12(3)17(27)25(18)23-19/h5-8,11H,10H2,1-4H3,(H,21,22,23). The molecule has 0 radical (unpaired) electrons. The molecule has 0 aliphatic carbocycles. The number of hydrogen-bond acceptors (Lipinski definition) is 5. The first kappa shape index (κ1) is 18.3. The molecule has 2 aromatic heterocycles. The first-order valence-corrected chi connectivity index (χ1v) is 8.58. The number of carbonyl (C=O) groups is 1. The van der Waals surface area contributed by atoms with Crippen LogP contribution in [0.3, 0.4) is 0 Å². The van der Waals surface area contributed by atoms with Crippen molar-refractivity contribution in [1.29, 1.82) is 5.26 Å². The second-order valence-corrected chi connectivity index (χ2v) is 6.70. The molecule has 0 atom stereocenters. The quantitative estimate of drug-likeness (QED) is 0.763. The van der Waals surface area contributed by atoms with Crippen molar-refractivity contribution < 1.29 is 4.79 Å². The highest BCUT2D eigenvalue weighted by Crippen LogP contribution is 2.17. The summed E-state index contributed by atoms with van der Waals surface area (Å²) in [6.07, 6.45) is 0. The molecule has 3 aromatic rings. The summed E-state index contributed by atoms with van der Waals surface area (Å²) in [6, 6.07) is 9.05. The molecule has 1 amide bonds. The fourth-order valence-corrected chi connectivity index (χ4v) is 2.65. The lowest BCUT2D eigenvalue weighted by molar-refractivity contribution is -0.121. The third-order valence-electron chi connectivity index (χ3n) is 4.39. The largest absolute Gasteiger partial charge is 0.277 e. The third-order valence-corrected chi connectivity index (χ3v) is 4.39. The molecule has 0 saturated carbocycles. The normalized spacial score (nSPS) is 11.0. The number of nitriles is 1. The van der Waals surface area contributed by atoms with Crippen molar-refractivity contribution in [3.63, 3.8) is 0 Å². The summed E-state index contributed by atoms with van der Waals surface area (Å²) in [6.45, 7) is 7.31. The van der Waals surface area contributed by atoms with E-state index in [1.807, 2.05) is 0 Å². The van der Waals surface area contributed by atoms with Crippen LogP contribution in [0.4, 0.5) is 5.95 Å². The van der Waals surface area contributed by atoms with Crippen molar-refractivity contribution in [1.82, 2.24) is 19.6 Å². The number of amides is 1. The van der Waals surface area contributed by atoms with Gasteiger partial charge in [0.1, 0.15) is 0 Å². The molecule has 0 saturated heterocycles. The molecule has 0 aliphatic heterocycles. The van der Waals surface area contributed by atoms with Crippen molar-refractivity contribution in [2.24, 2.45) is 5.92 Å². The van der Waals surface area contributed by atoms with Gasteiger partial charge >= 0.3 is 0 Å². The maximum Gasteiger partial charge on any atom is 0.277 e. The Labute approximate surface area is 156 Å². The fraction of sp³-hybridized carbons (Fsp3) is 0.316. The Kier molecular flexibility index (Phi) is 4.77. The smallest absolute Gasteiger partial charge is 0.276 e. The number of aromatic amines is 1. The first-order valence-electron chi connectivity index (χ1n) is 8.58. The van der Waals surface area contributed by atoms with Gasteiger partial charge in [-0.05, 0) is 31.5 Å². The van der Waals surface area contributed by atoms with E-state index in [2.05, 4.69) is 21.1 Å². The predicted molar refractivity (Wildman–Crippen MR) is 100 cm³/mol. The summed E-state index contributed by atoms with van der Waals surface area (Å²) in [4.78, 5) is 35.4. The lowest BCUT2D eigenvalue weighted by Gasteiger charge is -2.21. The molecule has 8 heteroatoms. The Bertz CT molecular complexity index is 1100. The van der Waals surface area contributed by atoms with Crippen LogP contribution in [0.2, 0.25) is 0 Å². The molecule has 1 aromatic carbocycles. The summed E-state index contributed by atoms with van der Waals surface area (Å²) in [5, 5.41) is 11.8. The van der Waals surface area contributed by atoms with Crippen LogP contribution < -0.4 is 10.5 Å². The highest BCUT2D eigenvalue weighted by molar-refractivity contribution is 5.93. The number of aryl methyl sites for hydroxylation is 1. The summed E-state index contributed by atoms with van der Waals surface area (Å²) >= 11 is 0. The van der Waals surface area contributed by atoms with E-state index in [0.717, 1.165) is 5.56 Å². The van der Waals surface area contributed by atoms with Crippen LogP contribution in [-0.2, 0) is 11.3 Å². The van der Waals surface area contributed by atoms with Crippen molar-refractivity contribution >= 4 is 17.6 Å². The predicted octanol–water partition coefficient (Wildman–Crippen LogP) is 2.10. The van der Waals surface area contributed by atoms with Gasteiger partial charge in [-0.3, -0.25) is 19.6 Å². The fourth-order valence-electron chi connectivity index (χ4n) is 2.65. The summed E-state index contributed by atoms with van der Waals surface area (Å²) in [7, 11) is 0. The van der Waals surface area contributed by atoms with Crippen LogP contribution >= 0.6 is 0 Å². The first-order chi connectivity index (χ1) is 12.8. The van der Waals surface area contributed by atoms with Gasteiger partial charge in [0, 0.05) is 17.2 Å². The van der Waals surface area contributed by atoms with Crippen LogP contribution in [0.5, 0.6) is 0 Å². The highest BCUT2D eigenvalue weighted by atomic mass is 16.2. The SMILES string of the molecule is Cc1nc2nc(N(Cc3ccc(C#N)cc3)C(=O)C(C)C)[nH]n2c(=O)c1C. The van der Waals surface area contributed by atoms with Crippen molar-refractivity contribution in [3.05, 3.63) is 57.0 Å². The van der Waals surface area contributed by atoms with E-state index in [9.17, 15) is 9.59 Å². The highest BCUT2D eigenvalue weighted by Gasteiger charge is 2.23. The number of H-pyrrole nitrogens is 1. The molecule has 1 N–H and O–H groups in total. The van der Waals surface area contributed by atoms with E-state index >= 15 is 0 Å². The minimum absolute atomic E-state index is 0.139. The van der Waals surface area contributed by atoms with Crippen LogP contribution in [0, 0.1) is 31.1 Å². The monoisotopic (exact) mass is 364 g/mol. The molecular formula is C19H20N6O2. The Balaban J connectivity index is 2.06. The minimum Gasteiger partial charge on any atom is -0.276 e. The molecule has 8 nitrogen and oxygen atoms in total. The zero-order chi connectivity index (χ0) is 19.7. The number of rotatable bonds is 4. The number of nitrogens with one attached hydrogen (secondary N) is 1. The molecule has 0 bridgehead atoms. The van der Waals surface area contributed by atoms with E-state index in [1.165, 1.54) is 9.42 Å². The maximum atomic E-state index is 12.8. The molecule has 138 valence electrons. The van der Waals surface area contributed by atoms with E-state index < -0.39 is 0 Å². The van der Waals surface area contributed by atoms with Gasteiger partial charge in [-0.25, -0.2) is 4.98 Å². The molecular weight excluding hydrogens is 344 g/mol. The van der Waals surface area contributed by atoms with Crippen molar-refractivity contribution in [2.75, 3.05) is 4.90 Å². The number of hydrogen-bond donors (Lipinski definition) is 1. The molecule has 0 aliphatic rings. The maximum absolute atomic E-state index is 12.8. The van der Waals surface area contributed by atoms with Gasteiger partial charge in [-0.15, -0.1) is 0 Å². The Morgan fingerprint density at radius 1 is 1.26 bits per heavy atom. The Morgan fingerprint density at radius 3 is 2.52 bits per heavy atom. The van der Waals surface area contributed by atoms with Crippen LogP contribution in [0.25, 0.3) is 5.78 Å². The van der Waals surface area contributed by atoms with Gasteiger partial charge in [-0.2, -0.15) is 14.8 Å². The van der Waals surface area contributed by atoms with Gasteiger partial charge in [0.2, 0.25) is 11.9 Å². The molecule has 2 heterocycles. The van der Waals surface area contributed by atoms with Crippen LogP contribution in [0.15, 0.2) is 29.1 Å². The molecule has 3 rings (SSSR count). The summed E-state index contributed by atoms with van der Waals surface area (Å²) in [5.74, 6) is 0.0804. The number of carbonyl (C=O) groups excluding carboxylic acids is 1. The number of aromatic nitrogens is 4. The van der Waals surface area contributed by atoms with E-state index in [4.69, 9.17) is 5.26 Å². The molecule has 0 unspecified atom stereocenters. The third kappa shape index (κ3) is 3.44. The zero-order valence-corrected chi connectivity index (χ0v) is 15.6. The average Bonchev–Trinajstić information content (AvgIpc) is 3.07. The van der Waals surface area contributed by atoms with Gasteiger partial charge in [-0.1, -0.05) is 26.0 Å². The Morgan fingerprint density at radius 2 is 1.93 bits per heavy atom. The van der Waals surface area contributed by atoms with E-state index in [-0.39, 0.29) is 35.7 Å². The number of nitrogens with zero attached hydrogens (tertiary/aromatic N) is 5. The van der Waals surface area contributed by atoms with Gasteiger partial charge in [0.25, 0.3) is 11.3 Å². The average molecular weight is 364 g/mol. The van der Waals surface area contributed by atoms with Crippen LogP contribution in [0.1, 0.15) is 36.2 Å². The van der Waals surface area contributed by atoms with Gasteiger partial charge in [0.15, 0.2) is 0 Å². The second-order valence-electron chi connectivity index (χ2n) is 6.70. The van der Waals surface area contributed by atoms with E-state index in [1.54, 1.807) is 52.0 Å². The summed E-state index contributed by atoms with van der Waals surface area (Å²) < 4.78 is 1.25. The molecule has 0 fully saturated rings. The molecule has 27 heavy (non-hydrogen) atoms.